The molecule has 1 aliphatic rings. The number of benzene rings is 1. The predicted octanol–water partition coefficient (Wildman–Crippen LogP) is 3.68. The molecule has 0 bridgehead atoms. The first-order valence-corrected chi connectivity index (χ1v) is 9.20. The number of unbranched alkanes of at least 4 members (excludes halogenated alkanes) is 3. The molecule has 134 valence electrons. The number of carboxylic acid groups (broad SMARTS) is 1. The molecule has 0 spiro atoms. The van der Waals surface area contributed by atoms with Crippen molar-refractivity contribution in [1.82, 2.24) is 0 Å². The zero-order chi connectivity index (χ0) is 17.5. The molecule has 24 heavy (non-hydrogen) atoms. The van der Waals surface area contributed by atoms with Crippen molar-refractivity contribution in [3.05, 3.63) is 35.4 Å². The van der Waals surface area contributed by atoms with Crippen LogP contribution in [0.4, 0.5) is 0 Å². The Hall–Kier alpha value is -1.10. The highest BCUT2D eigenvalue weighted by atomic mass is 35.5. The summed E-state index contributed by atoms with van der Waals surface area (Å²) in [7, 11) is 0. The Labute approximate surface area is 148 Å². The highest BCUT2D eigenvalue weighted by Gasteiger charge is 2.41. The SMILES string of the molecule is O=C(O)CCCCCC[C@@H]1[C@@H](c2ccc(CO)cc2)[C@H](O)C[C@@H]1Cl. The number of carboxylic acids is 1. The van der Waals surface area contributed by atoms with E-state index in [9.17, 15) is 9.90 Å². The minimum absolute atomic E-state index is 0.0192. The lowest BCUT2D eigenvalue weighted by Gasteiger charge is -2.24. The van der Waals surface area contributed by atoms with Gasteiger partial charge in [0.25, 0.3) is 0 Å². The minimum atomic E-state index is -0.735. The lowest BCUT2D eigenvalue weighted by Crippen LogP contribution is -2.19. The molecule has 0 amide bonds. The third-order valence-corrected chi connectivity index (χ3v) is 5.53. The summed E-state index contributed by atoms with van der Waals surface area (Å²) in [6, 6.07) is 7.75. The molecule has 0 aromatic heterocycles. The molecular formula is C19H27ClO4. The molecule has 1 aliphatic carbocycles. The van der Waals surface area contributed by atoms with Gasteiger partial charge < -0.3 is 15.3 Å². The van der Waals surface area contributed by atoms with Crippen molar-refractivity contribution in [3.8, 4) is 0 Å². The molecule has 0 aliphatic heterocycles. The van der Waals surface area contributed by atoms with E-state index in [4.69, 9.17) is 21.8 Å². The van der Waals surface area contributed by atoms with E-state index in [1.807, 2.05) is 24.3 Å². The van der Waals surface area contributed by atoms with Gasteiger partial charge in [-0.2, -0.15) is 0 Å². The van der Waals surface area contributed by atoms with Crippen molar-refractivity contribution in [2.24, 2.45) is 5.92 Å². The molecule has 0 heterocycles. The first-order chi connectivity index (χ1) is 11.5. The fourth-order valence-corrected chi connectivity index (χ4v) is 4.21. The largest absolute Gasteiger partial charge is 0.481 e. The molecule has 1 aromatic carbocycles. The molecule has 4 atom stereocenters. The molecule has 1 fully saturated rings. The summed E-state index contributed by atoms with van der Waals surface area (Å²) in [4.78, 5) is 10.5. The minimum Gasteiger partial charge on any atom is -0.481 e. The number of rotatable bonds is 9. The van der Waals surface area contributed by atoms with Gasteiger partial charge in [0.15, 0.2) is 0 Å². The van der Waals surface area contributed by atoms with Crippen molar-refractivity contribution < 1.29 is 20.1 Å². The summed E-state index contributed by atoms with van der Waals surface area (Å²) in [6.07, 6.45) is 5.02. The normalized spacial score (nSPS) is 26.6. The second-order valence-corrected chi connectivity index (χ2v) is 7.32. The first-order valence-electron chi connectivity index (χ1n) is 8.76. The first kappa shape index (κ1) is 19.2. The molecule has 0 radical (unpaired) electrons. The molecule has 1 aromatic rings. The molecular weight excluding hydrogens is 328 g/mol. The van der Waals surface area contributed by atoms with Crippen LogP contribution in [-0.2, 0) is 11.4 Å². The summed E-state index contributed by atoms with van der Waals surface area (Å²) in [6.45, 7) is 0.0192. The van der Waals surface area contributed by atoms with E-state index < -0.39 is 12.1 Å². The zero-order valence-electron chi connectivity index (χ0n) is 13.9. The molecule has 4 nitrogen and oxygen atoms in total. The highest BCUT2D eigenvalue weighted by Crippen LogP contribution is 2.45. The van der Waals surface area contributed by atoms with Gasteiger partial charge in [0.1, 0.15) is 0 Å². The Morgan fingerprint density at radius 3 is 2.42 bits per heavy atom. The van der Waals surface area contributed by atoms with E-state index in [0.717, 1.165) is 43.2 Å². The number of halogens is 1. The number of aliphatic hydroxyl groups is 2. The van der Waals surface area contributed by atoms with Crippen LogP contribution in [0.1, 0.15) is 62.0 Å². The zero-order valence-corrected chi connectivity index (χ0v) is 14.7. The topological polar surface area (TPSA) is 77.8 Å². The van der Waals surface area contributed by atoms with E-state index in [1.54, 1.807) is 0 Å². The summed E-state index contributed by atoms with van der Waals surface area (Å²) < 4.78 is 0. The third kappa shape index (κ3) is 5.20. The quantitative estimate of drug-likeness (QED) is 0.467. The number of hydrogen-bond acceptors (Lipinski definition) is 3. The number of alkyl halides is 1. The maximum atomic E-state index is 10.5. The standard InChI is InChI=1S/C19H27ClO4/c20-16-11-17(22)19(14-9-7-13(12-21)8-10-14)15(16)5-3-1-2-4-6-18(23)24/h7-10,15-17,19,21-22H,1-6,11-12H2,(H,23,24)/t15-,16-,17+,19+/m0/s1. The smallest absolute Gasteiger partial charge is 0.303 e. The monoisotopic (exact) mass is 354 g/mol. The summed E-state index contributed by atoms with van der Waals surface area (Å²) >= 11 is 6.48. The average Bonchev–Trinajstić information content (AvgIpc) is 2.84. The van der Waals surface area contributed by atoms with Gasteiger partial charge in [-0.25, -0.2) is 0 Å². The molecule has 0 saturated heterocycles. The van der Waals surface area contributed by atoms with Gasteiger partial charge >= 0.3 is 5.97 Å². The van der Waals surface area contributed by atoms with Crippen LogP contribution in [0.25, 0.3) is 0 Å². The molecule has 5 heteroatoms. The average molecular weight is 355 g/mol. The summed E-state index contributed by atoms with van der Waals surface area (Å²) in [5, 5.41) is 28.2. The van der Waals surface area contributed by atoms with Crippen LogP contribution in [-0.4, -0.2) is 32.8 Å². The number of carbonyl (C=O) groups is 1. The van der Waals surface area contributed by atoms with Gasteiger partial charge in [-0.15, -0.1) is 11.6 Å². The summed E-state index contributed by atoms with van der Waals surface area (Å²) in [5.41, 5.74) is 1.95. The van der Waals surface area contributed by atoms with Crippen LogP contribution in [0.2, 0.25) is 0 Å². The van der Waals surface area contributed by atoms with Crippen molar-refractivity contribution >= 4 is 17.6 Å². The second-order valence-electron chi connectivity index (χ2n) is 6.76. The Kier molecular flexibility index (Phi) is 7.53. The van der Waals surface area contributed by atoms with E-state index >= 15 is 0 Å². The van der Waals surface area contributed by atoms with E-state index in [-0.39, 0.29) is 30.2 Å². The highest BCUT2D eigenvalue weighted by molar-refractivity contribution is 6.21. The van der Waals surface area contributed by atoms with Gasteiger partial charge in [0.05, 0.1) is 12.7 Å². The maximum absolute atomic E-state index is 10.5. The van der Waals surface area contributed by atoms with Crippen molar-refractivity contribution in [2.45, 2.75) is 69.0 Å². The Morgan fingerprint density at radius 1 is 1.12 bits per heavy atom. The Balaban J connectivity index is 1.89. The van der Waals surface area contributed by atoms with Crippen molar-refractivity contribution in [1.29, 1.82) is 0 Å². The molecule has 0 unspecified atom stereocenters. The van der Waals surface area contributed by atoms with Crippen LogP contribution < -0.4 is 0 Å². The van der Waals surface area contributed by atoms with Crippen LogP contribution >= 0.6 is 11.6 Å². The van der Waals surface area contributed by atoms with Crippen LogP contribution in [0.15, 0.2) is 24.3 Å². The number of aliphatic carboxylic acids is 1. The van der Waals surface area contributed by atoms with Gasteiger partial charge in [-0.3, -0.25) is 4.79 Å². The molecule has 2 rings (SSSR count). The van der Waals surface area contributed by atoms with Crippen molar-refractivity contribution in [2.75, 3.05) is 0 Å². The Morgan fingerprint density at radius 2 is 1.79 bits per heavy atom. The van der Waals surface area contributed by atoms with Crippen LogP contribution in [0.3, 0.4) is 0 Å². The van der Waals surface area contributed by atoms with Gasteiger partial charge in [-0.05, 0) is 36.3 Å². The maximum Gasteiger partial charge on any atom is 0.303 e. The second kappa shape index (κ2) is 9.40. The number of aliphatic hydroxyl groups excluding tert-OH is 2. The van der Waals surface area contributed by atoms with E-state index in [1.165, 1.54) is 0 Å². The fraction of sp³-hybridized carbons (Fsp3) is 0.632. The molecule has 3 N–H and O–H groups in total. The third-order valence-electron chi connectivity index (χ3n) is 5.03. The lowest BCUT2D eigenvalue weighted by atomic mass is 9.84. The lowest BCUT2D eigenvalue weighted by molar-refractivity contribution is -0.137. The van der Waals surface area contributed by atoms with Crippen LogP contribution in [0, 0.1) is 5.92 Å². The van der Waals surface area contributed by atoms with E-state index in [2.05, 4.69) is 0 Å². The van der Waals surface area contributed by atoms with Gasteiger partial charge in [0.2, 0.25) is 0 Å². The van der Waals surface area contributed by atoms with Crippen LogP contribution in [0.5, 0.6) is 0 Å². The van der Waals surface area contributed by atoms with Crippen molar-refractivity contribution in [3.63, 3.8) is 0 Å². The molecule has 1 saturated carbocycles. The fourth-order valence-electron chi connectivity index (χ4n) is 3.75. The van der Waals surface area contributed by atoms with Gasteiger partial charge in [0, 0.05) is 17.7 Å². The predicted molar refractivity (Wildman–Crippen MR) is 94.2 cm³/mol. The van der Waals surface area contributed by atoms with E-state index in [0.29, 0.717) is 6.42 Å². The number of hydrogen-bond donors (Lipinski definition) is 3. The van der Waals surface area contributed by atoms with Gasteiger partial charge in [-0.1, -0.05) is 43.5 Å². The Bertz CT molecular complexity index is 517. The summed E-state index contributed by atoms with van der Waals surface area (Å²) in [5.74, 6) is -0.457.